The van der Waals surface area contributed by atoms with Crippen LogP contribution in [0.4, 0.5) is 0 Å². The van der Waals surface area contributed by atoms with E-state index in [2.05, 4.69) is 72.3 Å². The first-order chi connectivity index (χ1) is 9.65. The normalized spacial score (nSPS) is 12.6. The minimum atomic E-state index is 0.302. The first-order valence-electron chi connectivity index (χ1n) is 7.25. The Kier molecular flexibility index (Phi) is 5.44. The van der Waals surface area contributed by atoms with Crippen LogP contribution in [0, 0.1) is 6.92 Å². The molecular formula is C17H22BrNO. The van der Waals surface area contributed by atoms with Crippen molar-refractivity contribution in [3.8, 4) is 11.3 Å². The van der Waals surface area contributed by atoms with E-state index in [4.69, 9.17) is 4.42 Å². The molecule has 0 saturated heterocycles. The number of hydrogen-bond acceptors (Lipinski definition) is 2. The maximum atomic E-state index is 6.07. The van der Waals surface area contributed by atoms with E-state index in [1.165, 1.54) is 5.56 Å². The van der Waals surface area contributed by atoms with Gasteiger partial charge in [-0.1, -0.05) is 35.8 Å². The molecule has 2 rings (SSSR count). The molecule has 1 aromatic carbocycles. The monoisotopic (exact) mass is 335 g/mol. The van der Waals surface area contributed by atoms with Crippen molar-refractivity contribution in [3.05, 3.63) is 46.1 Å². The van der Waals surface area contributed by atoms with Crippen molar-refractivity contribution in [2.45, 2.75) is 39.7 Å². The number of aryl methyl sites for hydroxylation is 1. The Morgan fingerprint density at radius 3 is 2.70 bits per heavy atom. The molecule has 3 heteroatoms. The lowest BCUT2D eigenvalue weighted by Crippen LogP contribution is -2.20. The van der Waals surface area contributed by atoms with Crippen LogP contribution in [0.1, 0.15) is 44.1 Å². The predicted molar refractivity (Wildman–Crippen MR) is 87.9 cm³/mol. The molecule has 0 aliphatic carbocycles. The van der Waals surface area contributed by atoms with Gasteiger partial charge in [0.25, 0.3) is 0 Å². The van der Waals surface area contributed by atoms with Crippen LogP contribution in [-0.2, 0) is 0 Å². The second-order valence-corrected chi connectivity index (χ2v) is 5.99. The molecule has 0 aliphatic heterocycles. The van der Waals surface area contributed by atoms with Gasteiger partial charge in [-0.15, -0.1) is 0 Å². The van der Waals surface area contributed by atoms with E-state index in [1.807, 2.05) is 0 Å². The van der Waals surface area contributed by atoms with Crippen LogP contribution in [0.2, 0.25) is 0 Å². The highest BCUT2D eigenvalue weighted by Crippen LogP contribution is 2.30. The molecule has 1 N–H and O–H groups in total. The summed E-state index contributed by atoms with van der Waals surface area (Å²) >= 11 is 3.52. The van der Waals surface area contributed by atoms with Gasteiger partial charge in [-0.2, -0.15) is 0 Å². The minimum Gasteiger partial charge on any atom is -0.459 e. The first kappa shape index (κ1) is 15.3. The molecule has 0 radical (unpaired) electrons. The molecule has 0 fully saturated rings. The third kappa shape index (κ3) is 3.53. The molecule has 1 aromatic heterocycles. The molecule has 0 spiro atoms. The fraction of sp³-hybridized carbons (Fsp3) is 0.412. The molecule has 20 heavy (non-hydrogen) atoms. The summed E-state index contributed by atoms with van der Waals surface area (Å²) in [5.41, 5.74) is 2.37. The quantitative estimate of drug-likeness (QED) is 0.757. The summed E-state index contributed by atoms with van der Waals surface area (Å²) in [6, 6.07) is 10.7. The van der Waals surface area contributed by atoms with Gasteiger partial charge in [0.05, 0.1) is 6.04 Å². The Morgan fingerprint density at radius 1 is 1.20 bits per heavy atom. The molecule has 0 saturated carbocycles. The molecule has 1 unspecified atom stereocenters. The number of rotatable bonds is 6. The summed E-state index contributed by atoms with van der Waals surface area (Å²) in [5.74, 6) is 1.96. The van der Waals surface area contributed by atoms with Gasteiger partial charge in [0.1, 0.15) is 11.5 Å². The summed E-state index contributed by atoms with van der Waals surface area (Å²) in [7, 11) is 0. The van der Waals surface area contributed by atoms with Gasteiger partial charge in [0.2, 0.25) is 0 Å². The zero-order valence-electron chi connectivity index (χ0n) is 12.4. The van der Waals surface area contributed by atoms with Crippen molar-refractivity contribution >= 4 is 15.9 Å². The average Bonchev–Trinajstić information content (AvgIpc) is 2.92. The van der Waals surface area contributed by atoms with Gasteiger partial charge >= 0.3 is 0 Å². The maximum Gasteiger partial charge on any atom is 0.134 e. The Hall–Kier alpha value is -1.06. The third-order valence-electron chi connectivity index (χ3n) is 3.48. The van der Waals surface area contributed by atoms with Crippen LogP contribution in [0.15, 0.2) is 39.2 Å². The van der Waals surface area contributed by atoms with Gasteiger partial charge in [0.15, 0.2) is 0 Å². The molecule has 0 amide bonds. The molecule has 2 aromatic rings. The van der Waals surface area contributed by atoms with Crippen molar-refractivity contribution in [2.24, 2.45) is 0 Å². The maximum absolute atomic E-state index is 6.07. The lowest BCUT2D eigenvalue weighted by atomic mass is 10.1. The van der Waals surface area contributed by atoms with E-state index < -0.39 is 0 Å². The van der Waals surface area contributed by atoms with Crippen LogP contribution in [0.25, 0.3) is 11.3 Å². The molecule has 1 heterocycles. The smallest absolute Gasteiger partial charge is 0.134 e. The highest BCUT2D eigenvalue weighted by atomic mass is 79.9. The topological polar surface area (TPSA) is 25.2 Å². The van der Waals surface area contributed by atoms with E-state index in [1.54, 1.807) is 0 Å². The van der Waals surface area contributed by atoms with Gasteiger partial charge in [-0.25, -0.2) is 0 Å². The van der Waals surface area contributed by atoms with Crippen LogP contribution >= 0.6 is 15.9 Å². The minimum absolute atomic E-state index is 0.302. The second kappa shape index (κ2) is 7.09. The molecule has 0 aliphatic rings. The number of halogens is 1. The zero-order chi connectivity index (χ0) is 14.5. The fourth-order valence-corrected chi connectivity index (χ4v) is 2.67. The fourth-order valence-electron chi connectivity index (χ4n) is 2.31. The van der Waals surface area contributed by atoms with Gasteiger partial charge in [0, 0.05) is 10.0 Å². The van der Waals surface area contributed by atoms with Crippen molar-refractivity contribution in [3.63, 3.8) is 0 Å². The molecular weight excluding hydrogens is 314 g/mol. The SMILES string of the molecule is CCCNC(CC)c1ccc(-c2cc(Br)ccc2C)o1. The van der Waals surface area contributed by atoms with Gasteiger partial charge in [-0.05, 0) is 56.1 Å². The van der Waals surface area contributed by atoms with Crippen LogP contribution in [0.3, 0.4) is 0 Å². The lowest BCUT2D eigenvalue weighted by molar-refractivity contribution is 0.411. The number of nitrogens with one attached hydrogen (secondary N) is 1. The standard InChI is InChI=1S/C17H22BrNO/c1-4-10-19-15(5-2)17-9-8-16(20-17)14-11-13(18)7-6-12(14)3/h6-9,11,15,19H,4-5,10H2,1-3H3. The van der Waals surface area contributed by atoms with E-state index in [9.17, 15) is 0 Å². The Bertz CT molecular complexity index is 562. The van der Waals surface area contributed by atoms with Crippen LogP contribution in [0.5, 0.6) is 0 Å². The lowest BCUT2D eigenvalue weighted by Gasteiger charge is -2.13. The van der Waals surface area contributed by atoms with E-state index in [0.717, 1.165) is 40.9 Å². The van der Waals surface area contributed by atoms with E-state index in [0.29, 0.717) is 6.04 Å². The largest absolute Gasteiger partial charge is 0.459 e. The highest BCUT2D eigenvalue weighted by Gasteiger charge is 2.14. The Balaban J connectivity index is 2.25. The molecule has 0 bridgehead atoms. The summed E-state index contributed by atoms with van der Waals surface area (Å²) in [6.07, 6.45) is 2.17. The second-order valence-electron chi connectivity index (χ2n) is 5.08. The third-order valence-corrected chi connectivity index (χ3v) is 3.98. The molecule has 108 valence electrons. The number of furan rings is 1. The summed E-state index contributed by atoms with van der Waals surface area (Å²) < 4.78 is 7.15. The van der Waals surface area contributed by atoms with E-state index >= 15 is 0 Å². The van der Waals surface area contributed by atoms with Gasteiger partial charge < -0.3 is 9.73 Å². The predicted octanol–water partition coefficient (Wildman–Crippen LogP) is 5.47. The first-order valence-corrected chi connectivity index (χ1v) is 8.04. The molecule has 2 nitrogen and oxygen atoms in total. The number of hydrogen-bond donors (Lipinski definition) is 1. The Morgan fingerprint density at radius 2 is 2.00 bits per heavy atom. The van der Waals surface area contributed by atoms with Crippen molar-refractivity contribution in [1.82, 2.24) is 5.32 Å². The molecule has 1 atom stereocenters. The summed E-state index contributed by atoms with van der Waals surface area (Å²) in [6.45, 7) is 7.49. The van der Waals surface area contributed by atoms with Gasteiger partial charge in [-0.3, -0.25) is 0 Å². The van der Waals surface area contributed by atoms with Crippen molar-refractivity contribution < 1.29 is 4.42 Å². The van der Waals surface area contributed by atoms with E-state index in [-0.39, 0.29) is 0 Å². The number of benzene rings is 1. The summed E-state index contributed by atoms with van der Waals surface area (Å²) in [5, 5.41) is 3.52. The average molecular weight is 336 g/mol. The highest BCUT2D eigenvalue weighted by molar-refractivity contribution is 9.10. The van der Waals surface area contributed by atoms with Crippen molar-refractivity contribution in [2.75, 3.05) is 6.54 Å². The summed E-state index contributed by atoms with van der Waals surface area (Å²) in [4.78, 5) is 0. The van der Waals surface area contributed by atoms with Crippen molar-refractivity contribution in [1.29, 1.82) is 0 Å². The van der Waals surface area contributed by atoms with Crippen LogP contribution in [-0.4, -0.2) is 6.54 Å². The van der Waals surface area contributed by atoms with Crippen LogP contribution < -0.4 is 5.32 Å². The zero-order valence-corrected chi connectivity index (χ0v) is 14.0. The Labute approximate surface area is 129 Å².